The predicted molar refractivity (Wildman–Crippen MR) is 92.1 cm³/mol. The molecule has 122 valence electrons. The maximum Gasteiger partial charge on any atom is 0.241 e. The van der Waals surface area contributed by atoms with Crippen LogP contribution in [0.4, 0.5) is 5.69 Å². The number of nitrogens with zero attached hydrogens (tertiary/aromatic N) is 2. The van der Waals surface area contributed by atoms with E-state index in [1.54, 1.807) is 49.7 Å². The molecular weight excluding hydrogens is 314 g/mol. The number of aromatic nitrogens is 1. The van der Waals surface area contributed by atoms with Crippen LogP contribution in [-0.4, -0.2) is 43.0 Å². The number of anilines is 1. The van der Waals surface area contributed by atoms with E-state index in [0.29, 0.717) is 23.0 Å². The fourth-order valence-corrected chi connectivity index (χ4v) is 2.27. The van der Waals surface area contributed by atoms with Crippen molar-refractivity contribution in [2.75, 3.05) is 32.6 Å². The van der Waals surface area contributed by atoms with Crippen LogP contribution < -0.4 is 10.1 Å². The van der Waals surface area contributed by atoms with Gasteiger partial charge in [0.25, 0.3) is 0 Å². The molecule has 0 bridgehead atoms. The number of carbonyl (C=O) groups excluding carboxylic acids is 1. The quantitative estimate of drug-likeness (QED) is 0.846. The number of nitrogens with one attached hydrogen (secondary N) is 1. The Morgan fingerprint density at radius 2 is 2.04 bits per heavy atom. The van der Waals surface area contributed by atoms with E-state index >= 15 is 0 Å². The van der Waals surface area contributed by atoms with E-state index in [1.807, 2.05) is 12.1 Å². The smallest absolute Gasteiger partial charge is 0.241 e. The molecule has 0 saturated carbocycles. The number of hydrogen-bond acceptors (Lipinski definition) is 4. The summed E-state index contributed by atoms with van der Waals surface area (Å²) in [6.07, 6.45) is 4.31. The standard InChI is InChI=1S/C17H20ClN3O2/c1-21(10-7-13-5-8-19-9-6-13)17(22)12-20-15-11-14(18)3-4-16(15)23-2/h3-6,8-9,11,20H,7,10,12H2,1-2H3. The zero-order chi connectivity index (χ0) is 16.7. The number of carbonyl (C=O) groups is 1. The van der Waals surface area contributed by atoms with Gasteiger partial charge in [0.05, 0.1) is 19.3 Å². The molecule has 0 unspecified atom stereocenters. The molecule has 1 aromatic heterocycles. The first kappa shape index (κ1) is 17.1. The van der Waals surface area contributed by atoms with E-state index in [-0.39, 0.29) is 12.5 Å². The van der Waals surface area contributed by atoms with Crippen LogP contribution in [0.3, 0.4) is 0 Å². The molecule has 5 nitrogen and oxygen atoms in total. The van der Waals surface area contributed by atoms with Crippen LogP contribution in [0.1, 0.15) is 5.56 Å². The van der Waals surface area contributed by atoms with Crippen LogP contribution >= 0.6 is 11.6 Å². The molecule has 23 heavy (non-hydrogen) atoms. The number of methoxy groups -OCH3 is 1. The van der Waals surface area contributed by atoms with E-state index in [9.17, 15) is 4.79 Å². The molecule has 0 aliphatic heterocycles. The summed E-state index contributed by atoms with van der Waals surface area (Å²) in [5, 5.41) is 3.66. The van der Waals surface area contributed by atoms with Gasteiger partial charge in [-0.3, -0.25) is 9.78 Å². The zero-order valence-corrected chi connectivity index (χ0v) is 14.0. The summed E-state index contributed by atoms with van der Waals surface area (Å²) < 4.78 is 5.25. The van der Waals surface area contributed by atoms with Gasteiger partial charge in [-0.05, 0) is 42.3 Å². The van der Waals surface area contributed by atoms with Gasteiger partial charge in [0.15, 0.2) is 0 Å². The lowest BCUT2D eigenvalue weighted by Gasteiger charge is -2.18. The Morgan fingerprint density at radius 3 is 2.74 bits per heavy atom. The molecule has 1 heterocycles. The lowest BCUT2D eigenvalue weighted by atomic mass is 10.2. The van der Waals surface area contributed by atoms with Gasteiger partial charge in [-0.1, -0.05) is 11.6 Å². The molecule has 0 aliphatic rings. The highest BCUT2D eigenvalue weighted by Gasteiger charge is 2.10. The third-order valence-corrected chi connectivity index (χ3v) is 3.74. The molecule has 0 atom stereocenters. The summed E-state index contributed by atoms with van der Waals surface area (Å²) in [6.45, 7) is 0.834. The van der Waals surface area contributed by atoms with Gasteiger partial charge in [0, 0.05) is 31.0 Å². The molecular formula is C17H20ClN3O2. The molecule has 0 fully saturated rings. The fourth-order valence-electron chi connectivity index (χ4n) is 2.10. The molecule has 0 saturated heterocycles. The first-order valence-electron chi connectivity index (χ1n) is 7.30. The number of benzene rings is 1. The largest absolute Gasteiger partial charge is 0.495 e. The first-order chi connectivity index (χ1) is 11.1. The molecule has 0 aliphatic carbocycles. The number of hydrogen-bond donors (Lipinski definition) is 1. The Balaban J connectivity index is 1.85. The number of halogens is 1. The van der Waals surface area contributed by atoms with Crippen molar-refractivity contribution in [3.63, 3.8) is 0 Å². The second-order valence-corrected chi connectivity index (χ2v) is 5.56. The van der Waals surface area contributed by atoms with Crippen molar-refractivity contribution < 1.29 is 9.53 Å². The summed E-state index contributed by atoms with van der Waals surface area (Å²) in [6, 6.07) is 9.15. The Labute approximate surface area is 141 Å². The molecule has 1 amide bonds. The molecule has 0 radical (unpaired) electrons. The Morgan fingerprint density at radius 1 is 1.30 bits per heavy atom. The van der Waals surface area contributed by atoms with E-state index in [0.717, 1.165) is 12.0 Å². The predicted octanol–water partition coefficient (Wildman–Crippen LogP) is 2.86. The average Bonchev–Trinajstić information content (AvgIpc) is 2.58. The third kappa shape index (κ3) is 5.14. The third-order valence-electron chi connectivity index (χ3n) is 3.50. The maximum absolute atomic E-state index is 12.2. The summed E-state index contributed by atoms with van der Waals surface area (Å²) in [4.78, 5) is 17.9. The van der Waals surface area contributed by atoms with Crippen LogP contribution in [0.25, 0.3) is 0 Å². The highest BCUT2D eigenvalue weighted by molar-refractivity contribution is 6.30. The Bertz CT molecular complexity index is 650. The SMILES string of the molecule is COc1ccc(Cl)cc1NCC(=O)N(C)CCc1ccncc1. The fraction of sp³-hybridized carbons (Fsp3) is 0.294. The number of ether oxygens (including phenoxy) is 1. The van der Waals surface area contributed by atoms with Gasteiger partial charge in [-0.15, -0.1) is 0 Å². The Hall–Kier alpha value is -2.27. The van der Waals surface area contributed by atoms with Crippen LogP contribution in [0.5, 0.6) is 5.75 Å². The second kappa shape index (κ2) is 8.39. The molecule has 0 spiro atoms. The van der Waals surface area contributed by atoms with Gasteiger partial charge >= 0.3 is 0 Å². The Kier molecular flexibility index (Phi) is 6.23. The minimum Gasteiger partial charge on any atom is -0.495 e. The topological polar surface area (TPSA) is 54.5 Å². The van der Waals surface area contributed by atoms with Gasteiger partial charge in [-0.25, -0.2) is 0 Å². The summed E-state index contributed by atoms with van der Waals surface area (Å²) in [5.74, 6) is 0.655. The monoisotopic (exact) mass is 333 g/mol. The van der Waals surface area contributed by atoms with Crippen molar-refractivity contribution in [3.8, 4) is 5.75 Å². The van der Waals surface area contributed by atoms with Gasteiger partial charge in [0.1, 0.15) is 5.75 Å². The van der Waals surface area contributed by atoms with Crippen molar-refractivity contribution in [3.05, 3.63) is 53.3 Å². The van der Waals surface area contributed by atoms with Crippen molar-refractivity contribution in [1.29, 1.82) is 0 Å². The highest BCUT2D eigenvalue weighted by Crippen LogP contribution is 2.27. The normalized spacial score (nSPS) is 10.2. The van der Waals surface area contributed by atoms with Crippen molar-refractivity contribution in [2.24, 2.45) is 0 Å². The van der Waals surface area contributed by atoms with E-state index < -0.39 is 0 Å². The molecule has 1 aromatic carbocycles. The van der Waals surface area contributed by atoms with Gasteiger partial charge in [0.2, 0.25) is 5.91 Å². The van der Waals surface area contributed by atoms with Gasteiger partial charge in [-0.2, -0.15) is 0 Å². The average molecular weight is 334 g/mol. The van der Waals surface area contributed by atoms with E-state index in [1.165, 1.54) is 0 Å². The van der Waals surface area contributed by atoms with Crippen LogP contribution in [0.2, 0.25) is 5.02 Å². The summed E-state index contributed by atoms with van der Waals surface area (Å²) in [5.41, 5.74) is 1.86. The molecule has 2 rings (SSSR count). The highest BCUT2D eigenvalue weighted by atomic mass is 35.5. The number of amides is 1. The van der Waals surface area contributed by atoms with Crippen molar-refractivity contribution >= 4 is 23.2 Å². The minimum atomic E-state index is 0.00100. The molecule has 6 heteroatoms. The van der Waals surface area contributed by atoms with Crippen molar-refractivity contribution in [1.82, 2.24) is 9.88 Å². The van der Waals surface area contributed by atoms with E-state index in [4.69, 9.17) is 16.3 Å². The van der Waals surface area contributed by atoms with Crippen LogP contribution in [0.15, 0.2) is 42.7 Å². The minimum absolute atomic E-state index is 0.00100. The van der Waals surface area contributed by atoms with Crippen LogP contribution in [-0.2, 0) is 11.2 Å². The summed E-state index contributed by atoms with van der Waals surface area (Å²) in [7, 11) is 3.37. The first-order valence-corrected chi connectivity index (χ1v) is 7.68. The summed E-state index contributed by atoms with van der Waals surface area (Å²) >= 11 is 5.97. The van der Waals surface area contributed by atoms with Crippen LogP contribution in [0, 0.1) is 0 Å². The molecule has 2 aromatic rings. The second-order valence-electron chi connectivity index (χ2n) is 5.12. The van der Waals surface area contributed by atoms with Crippen molar-refractivity contribution in [2.45, 2.75) is 6.42 Å². The van der Waals surface area contributed by atoms with E-state index in [2.05, 4.69) is 10.3 Å². The number of rotatable bonds is 7. The molecule has 1 N–H and O–H groups in total. The van der Waals surface area contributed by atoms with Gasteiger partial charge < -0.3 is 15.0 Å². The zero-order valence-electron chi connectivity index (χ0n) is 13.3. The maximum atomic E-state index is 12.2. The number of pyridine rings is 1. The number of likely N-dealkylation sites (N-methyl/N-ethyl adjacent to an activating group) is 1. The lowest BCUT2D eigenvalue weighted by molar-refractivity contribution is -0.127. The lowest BCUT2D eigenvalue weighted by Crippen LogP contribution is -2.33.